The van der Waals surface area contributed by atoms with E-state index < -0.39 is 0 Å². The number of nitrogens with one attached hydrogen (secondary N) is 2. The minimum absolute atomic E-state index is 0.258. The summed E-state index contributed by atoms with van der Waals surface area (Å²) in [6.07, 6.45) is 8.92. The van der Waals surface area contributed by atoms with E-state index in [0.29, 0.717) is 18.9 Å². The molecule has 5 aromatic rings. The molecule has 1 aliphatic heterocycles. The number of aromatic amines is 1. The highest BCUT2D eigenvalue weighted by Gasteiger charge is 2.25. The van der Waals surface area contributed by atoms with Gasteiger partial charge in [-0.3, -0.25) is 5.10 Å². The molecule has 0 spiro atoms. The second kappa shape index (κ2) is 6.53. The van der Waals surface area contributed by atoms with Gasteiger partial charge in [-0.1, -0.05) is 12.1 Å². The lowest BCUT2D eigenvalue weighted by Gasteiger charge is -2.36. The van der Waals surface area contributed by atoms with Crippen molar-refractivity contribution in [3.05, 3.63) is 61.3 Å². The van der Waals surface area contributed by atoms with Crippen LogP contribution in [0.3, 0.4) is 0 Å². The third-order valence-corrected chi connectivity index (χ3v) is 5.31. The van der Waals surface area contributed by atoms with Gasteiger partial charge in [0.05, 0.1) is 35.4 Å². The number of aromatic nitrogens is 6. The fraction of sp³-hybridized carbons (Fsp3) is 0.143. The van der Waals surface area contributed by atoms with E-state index in [9.17, 15) is 5.11 Å². The number of anilines is 3. The van der Waals surface area contributed by atoms with Gasteiger partial charge in [-0.25, -0.2) is 15.0 Å². The first-order valence-electron chi connectivity index (χ1n) is 9.66. The Morgan fingerprint density at radius 2 is 2.03 bits per heavy atom. The van der Waals surface area contributed by atoms with Gasteiger partial charge >= 0.3 is 0 Å². The molecule has 30 heavy (non-hydrogen) atoms. The van der Waals surface area contributed by atoms with Gasteiger partial charge in [0.15, 0.2) is 11.5 Å². The quantitative estimate of drug-likeness (QED) is 0.427. The van der Waals surface area contributed by atoms with Crippen LogP contribution < -0.4 is 10.2 Å². The molecule has 1 fully saturated rings. The van der Waals surface area contributed by atoms with Crippen LogP contribution in [0, 0.1) is 0 Å². The second-order valence-electron chi connectivity index (χ2n) is 7.39. The number of imidazole rings is 1. The summed E-state index contributed by atoms with van der Waals surface area (Å²) in [4.78, 5) is 15.8. The molecule has 3 N–H and O–H groups in total. The predicted octanol–water partition coefficient (Wildman–Crippen LogP) is 2.59. The Hall–Kier alpha value is -3.98. The van der Waals surface area contributed by atoms with Crippen LogP contribution >= 0.6 is 0 Å². The van der Waals surface area contributed by atoms with E-state index in [2.05, 4.69) is 25.5 Å². The molecule has 9 nitrogen and oxygen atoms in total. The molecule has 6 rings (SSSR count). The van der Waals surface area contributed by atoms with Crippen molar-refractivity contribution in [2.24, 2.45) is 0 Å². The molecule has 0 atom stereocenters. The lowest BCUT2D eigenvalue weighted by atomic mass is 10.1. The predicted molar refractivity (Wildman–Crippen MR) is 114 cm³/mol. The first-order valence-corrected chi connectivity index (χ1v) is 9.66. The summed E-state index contributed by atoms with van der Waals surface area (Å²) in [7, 11) is 0. The van der Waals surface area contributed by atoms with Gasteiger partial charge in [0.1, 0.15) is 5.82 Å². The van der Waals surface area contributed by atoms with E-state index >= 15 is 0 Å². The van der Waals surface area contributed by atoms with Gasteiger partial charge in [0.2, 0.25) is 0 Å². The number of pyridine rings is 1. The largest absolute Gasteiger partial charge is 0.389 e. The smallest absolute Gasteiger partial charge is 0.180 e. The number of hydrogen-bond donors (Lipinski definition) is 3. The number of benzene rings is 1. The molecule has 1 aliphatic rings. The van der Waals surface area contributed by atoms with Crippen LogP contribution in [-0.4, -0.2) is 53.9 Å². The number of rotatable bonds is 4. The molecule has 148 valence electrons. The lowest BCUT2D eigenvalue weighted by molar-refractivity contribution is 0.141. The minimum atomic E-state index is -0.258. The summed E-state index contributed by atoms with van der Waals surface area (Å²) in [5, 5.41) is 21.0. The van der Waals surface area contributed by atoms with Gasteiger partial charge in [-0.2, -0.15) is 5.10 Å². The second-order valence-corrected chi connectivity index (χ2v) is 7.39. The number of hydrogen-bond acceptors (Lipinski definition) is 7. The summed E-state index contributed by atoms with van der Waals surface area (Å²) < 4.78 is 1.95. The maximum absolute atomic E-state index is 9.47. The summed E-state index contributed by atoms with van der Waals surface area (Å²) in [5.41, 5.74) is 4.31. The SMILES string of the molecule is OC1CN(c2ccc(Nc3nc(-c4ccc5cn[nH]c5c4)cn4ccnc34)cn2)C1. The first kappa shape index (κ1) is 16.9. The number of aliphatic hydroxyl groups is 1. The summed E-state index contributed by atoms with van der Waals surface area (Å²) >= 11 is 0. The van der Waals surface area contributed by atoms with Gasteiger partial charge < -0.3 is 19.7 Å². The molecule has 5 heterocycles. The number of nitrogens with zero attached hydrogens (tertiary/aromatic N) is 6. The Labute approximate surface area is 171 Å². The van der Waals surface area contributed by atoms with Crippen molar-refractivity contribution in [1.82, 2.24) is 29.5 Å². The maximum Gasteiger partial charge on any atom is 0.180 e. The minimum Gasteiger partial charge on any atom is -0.389 e. The molecule has 0 saturated carbocycles. The van der Waals surface area contributed by atoms with Crippen LogP contribution in [0.2, 0.25) is 0 Å². The van der Waals surface area contributed by atoms with Gasteiger partial charge in [0, 0.05) is 42.6 Å². The Balaban J connectivity index is 1.35. The van der Waals surface area contributed by atoms with Crippen molar-refractivity contribution < 1.29 is 5.11 Å². The van der Waals surface area contributed by atoms with Crippen molar-refractivity contribution in [3.8, 4) is 11.3 Å². The molecule has 4 aromatic heterocycles. The van der Waals surface area contributed by atoms with Crippen LogP contribution in [0.1, 0.15) is 0 Å². The zero-order chi connectivity index (χ0) is 20.1. The molecule has 1 aromatic carbocycles. The summed E-state index contributed by atoms with van der Waals surface area (Å²) in [6.45, 7) is 1.25. The maximum atomic E-state index is 9.47. The molecule has 0 bridgehead atoms. The number of H-pyrrole nitrogens is 1. The van der Waals surface area contributed by atoms with Crippen molar-refractivity contribution in [3.63, 3.8) is 0 Å². The molecule has 1 saturated heterocycles. The highest BCUT2D eigenvalue weighted by molar-refractivity contribution is 5.84. The van der Waals surface area contributed by atoms with Crippen molar-refractivity contribution in [2.75, 3.05) is 23.3 Å². The zero-order valence-corrected chi connectivity index (χ0v) is 15.9. The topological polar surface area (TPSA) is 107 Å². The van der Waals surface area contributed by atoms with Gasteiger partial charge in [0.25, 0.3) is 0 Å². The number of aliphatic hydroxyl groups excluding tert-OH is 1. The number of β-amino-alcohol motifs (C(OH)–C–C–N with tert-alkyl or cyclic N) is 1. The molecule has 0 unspecified atom stereocenters. The van der Waals surface area contributed by atoms with Crippen LogP contribution in [0.25, 0.3) is 27.8 Å². The van der Waals surface area contributed by atoms with Crippen molar-refractivity contribution in [2.45, 2.75) is 6.10 Å². The normalized spacial score (nSPS) is 14.4. The fourth-order valence-corrected chi connectivity index (χ4v) is 3.68. The first-order chi connectivity index (χ1) is 14.7. The third-order valence-electron chi connectivity index (χ3n) is 5.31. The van der Waals surface area contributed by atoms with E-state index in [1.165, 1.54) is 0 Å². The van der Waals surface area contributed by atoms with Crippen LogP contribution in [-0.2, 0) is 0 Å². The highest BCUT2D eigenvalue weighted by Crippen LogP contribution is 2.27. The van der Waals surface area contributed by atoms with E-state index in [-0.39, 0.29) is 6.10 Å². The monoisotopic (exact) mass is 398 g/mol. The van der Waals surface area contributed by atoms with E-state index in [0.717, 1.165) is 39.3 Å². The van der Waals surface area contributed by atoms with E-state index in [4.69, 9.17) is 4.98 Å². The third kappa shape index (κ3) is 2.83. The Bertz CT molecular complexity index is 1350. The number of fused-ring (bicyclic) bond motifs is 2. The average Bonchev–Trinajstić information content (AvgIpc) is 3.41. The summed E-state index contributed by atoms with van der Waals surface area (Å²) in [5.74, 6) is 1.50. The zero-order valence-electron chi connectivity index (χ0n) is 15.9. The van der Waals surface area contributed by atoms with Gasteiger partial charge in [-0.05, 0) is 18.2 Å². The summed E-state index contributed by atoms with van der Waals surface area (Å²) in [6, 6.07) is 9.99. The Morgan fingerprint density at radius 1 is 1.10 bits per heavy atom. The Kier molecular flexibility index (Phi) is 3.68. The van der Waals surface area contributed by atoms with Crippen molar-refractivity contribution in [1.29, 1.82) is 0 Å². The van der Waals surface area contributed by atoms with Crippen LogP contribution in [0.4, 0.5) is 17.3 Å². The van der Waals surface area contributed by atoms with E-state index in [1.54, 1.807) is 18.6 Å². The molecule has 0 aliphatic carbocycles. The molecular formula is C21H18N8O. The molecule has 9 heteroatoms. The molecule has 0 amide bonds. The molecule has 0 radical (unpaired) electrons. The van der Waals surface area contributed by atoms with E-state index in [1.807, 2.05) is 52.0 Å². The standard InChI is InChI=1S/C21H18N8O/c30-16-10-29(11-16)19-4-3-15(9-23-19)25-20-21-22-5-6-28(21)12-18(26-20)13-1-2-14-8-24-27-17(14)7-13/h1-9,12,16,30H,10-11H2,(H,24,27)(H,25,26). The molecular weight excluding hydrogens is 380 g/mol. The van der Waals surface area contributed by atoms with Crippen LogP contribution in [0.5, 0.6) is 0 Å². The van der Waals surface area contributed by atoms with Gasteiger partial charge in [-0.15, -0.1) is 0 Å². The highest BCUT2D eigenvalue weighted by atomic mass is 16.3. The Morgan fingerprint density at radius 3 is 2.87 bits per heavy atom. The lowest BCUT2D eigenvalue weighted by Crippen LogP contribution is -2.51. The van der Waals surface area contributed by atoms with Crippen LogP contribution in [0.15, 0.2) is 61.3 Å². The average molecular weight is 398 g/mol. The van der Waals surface area contributed by atoms with Crippen molar-refractivity contribution >= 4 is 33.9 Å². The fourth-order valence-electron chi connectivity index (χ4n) is 3.68.